The summed E-state index contributed by atoms with van der Waals surface area (Å²) in [4.78, 5) is 15.7. The smallest absolute Gasteiger partial charge is 0.237 e. The number of hydrogen-bond acceptors (Lipinski definition) is 4. The Morgan fingerprint density at radius 1 is 1.44 bits per heavy atom. The van der Waals surface area contributed by atoms with Crippen molar-refractivity contribution in [1.29, 1.82) is 0 Å². The monoisotopic (exact) mass is 223 g/mol. The molecule has 0 aromatic carbocycles. The number of carbonyl (C=O) groups is 1. The lowest BCUT2D eigenvalue weighted by atomic mass is 10.3. The van der Waals surface area contributed by atoms with E-state index in [2.05, 4.69) is 4.90 Å². The van der Waals surface area contributed by atoms with E-state index in [1.54, 1.807) is 6.26 Å². The maximum absolute atomic E-state index is 11.8. The van der Waals surface area contributed by atoms with Crippen LogP contribution < -0.4 is 5.73 Å². The van der Waals surface area contributed by atoms with Crippen LogP contribution in [0.2, 0.25) is 0 Å². The summed E-state index contributed by atoms with van der Waals surface area (Å²) in [5.41, 5.74) is 5.47. The van der Waals surface area contributed by atoms with Crippen LogP contribution in [0.1, 0.15) is 5.76 Å². The van der Waals surface area contributed by atoms with Crippen LogP contribution in [0.3, 0.4) is 0 Å². The normalized spacial score (nSPS) is 18.1. The van der Waals surface area contributed by atoms with Gasteiger partial charge >= 0.3 is 0 Å². The topological polar surface area (TPSA) is 62.7 Å². The van der Waals surface area contributed by atoms with E-state index in [0.29, 0.717) is 19.6 Å². The quantitative estimate of drug-likeness (QED) is 0.773. The van der Waals surface area contributed by atoms with Gasteiger partial charge in [0.2, 0.25) is 5.91 Å². The number of nitrogens with two attached hydrogens (primary N) is 1. The number of furan rings is 1. The Balaban J connectivity index is 1.87. The van der Waals surface area contributed by atoms with Crippen molar-refractivity contribution in [3.8, 4) is 0 Å². The van der Waals surface area contributed by atoms with Crippen LogP contribution in [0.4, 0.5) is 0 Å². The molecule has 0 atom stereocenters. The maximum atomic E-state index is 11.8. The van der Waals surface area contributed by atoms with Crippen LogP contribution in [-0.4, -0.2) is 48.4 Å². The van der Waals surface area contributed by atoms with Crippen molar-refractivity contribution >= 4 is 5.91 Å². The van der Waals surface area contributed by atoms with Gasteiger partial charge < -0.3 is 15.1 Å². The molecular formula is C11H17N3O2. The Labute approximate surface area is 94.8 Å². The first kappa shape index (κ1) is 11.2. The van der Waals surface area contributed by atoms with Crippen LogP contribution in [-0.2, 0) is 11.3 Å². The molecule has 0 saturated carbocycles. The standard InChI is InChI=1S/C11H17N3O2/c12-3-4-13-5-6-14(11(15)9-13)8-10-2-1-7-16-10/h1-2,7H,3-6,8-9,12H2. The van der Waals surface area contributed by atoms with Crippen molar-refractivity contribution < 1.29 is 9.21 Å². The SMILES string of the molecule is NCCN1CCN(Cc2ccco2)C(=O)C1. The van der Waals surface area contributed by atoms with Gasteiger partial charge in [0.05, 0.1) is 19.4 Å². The van der Waals surface area contributed by atoms with Gasteiger partial charge in [-0.15, -0.1) is 0 Å². The number of amides is 1. The molecule has 1 amide bonds. The molecule has 1 aliphatic rings. The molecule has 2 rings (SSSR count). The van der Waals surface area contributed by atoms with Crippen molar-refractivity contribution in [2.75, 3.05) is 32.7 Å². The van der Waals surface area contributed by atoms with E-state index >= 15 is 0 Å². The summed E-state index contributed by atoms with van der Waals surface area (Å²) in [7, 11) is 0. The van der Waals surface area contributed by atoms with Crippen molar-refractivity contribution in [3.05, 3.63) is 24.2 Å². The second-order valence-electron chi connectivity index (χ2n) is 3.96. The summed E-state index contributed by atoms with van der Waals surface area (Å²) < 4.78 is 5.23. The van der Waals surface area contributed by atoms with Crippen molar-refractivity contribution in [1.82, 2.24) is 9.80 Å². The Morgan fingerprint density at radius 2 is 2.31 bits per heavy atom. The van der Waals surface area contributed by atoms with Gasteiger partial charge in [0.15, 0.2) is 0 Å². The van der Waals surface area contributed by atoms with Gasteiger partial charge in [0.25, 0.3) is 0 Å². The highest BCUT2D eigenvalue weighted by Gasteiger charge is 2.23. The molecular weight excluding hydrogens is 206 g/mol. The summed E-state index contributed by atoms with van der Waals surface area (Å²) in [6.07, 6.45) is 1.63. The van der Waals surface area contributed by atoms with Gasteiger partial charge in [-0.05, 0) is 12.1 Å². The Kier molecular flexibility index (Phi) is 3.58. The Bertz CT molecular complexity index is 337. The molecule has 88 valence electrons. The molecule has 1 aromatic rings. The number of rotatable bonds is 4. The van der Waals surface area contributed by atoms with E-state index in [1.165, 1.54) is 0 Å². The fourth-order valence-corrected chi connectivity index (χ4v) is 1.89. The molecule has 0 spiro atoms. The van der Waals surface area contributed by atoms with Crippen LogP contribution >= 0.6 is 0 Å². The van der Waals surface area contributed by atoms with Crippen LogP contribution in [0.25, 0.3) is 0 Å². The highest BCUT2D eigenvalue weighted by molar-refractivity contribution is 5.78. The molecule has 16 heavy (non-hydrogen) atoms. The molecule has 1 saturated heterocycles. The second kappa shape index (κ2) is 5.14. The molecule has 5 nitrogen and oxygen atoms in total. The predicted molar refractivity (Wildman–Crippen MR) is 59.6 cm³/mol. The van der Waals surface area contributed by atoms with Crippen LogP contribution in [0, 0.1) is 0 Å². The second-order valence-corrected chi connectivity index (χ2v) is 3.96. The minimum atomic E-state index is 0.149. The van der Waals surface area contributed by atoms with Crippen molar-refractivity contribution in [3.63, 3.8) is 0 Å². The van der Waals surface area contributed by atoms with Crippen LogP contribution in [0.5, 0.6) is 0 Å². The number of carbonyl (C=O) groups excluding carboxylic acids is 1. The number of nitrogens with zero attached hydrogens (tertiary/aromatic N) is 2. The third kappa shape index (κ3) is 2.62. The third-order valence-corrected chi connectivity index (χ3v) is 2.77. The van der Waals surface area contributed by atoms with E-state index < -0.39 is 0 Å². The average Bonchev–Trinajstić information content (AvgIpc) is 2.75. The zero-order valence-electron chi connectivity index (χ0n) is 9.26. The molecule has 5 heteroatoms. The summed E-state index contributed by atoms with van der Waals surface area (Å²) in [5.74, 6) is 0.983. The average molecular weight is 223 g/mol. The first-order chi connectivity index (χ1) is 7.79. The predicted octanol–water partition coefficient (Wildman–Crippen LogP) is -0.117. The molecule has 2 heterocycles. The summed E-state index contributed by atoms with van der Waals surface area (Å²) in [5, 5.41) is 0. The molecule has 1 aliphatic heterocycles. The lowest BCUT2D eigenvalue weighted by Gasteiger charge is -2.33. The summed E-state index contributed by atoms with van der Waals surface area (Å²) in [6.45, 7) is 4.08. The lowest BCUT2D eigenvalue weighted by molar-refractivity contribution is -0.136. The molecule has 0 bridgehead atoms. The van der Waals surface area contributed by atoms with E-state index in [0.717, 1.165) is 25.4 Å². The number of piperazine rings is 1. The van der Waals surface area contributed by atoms with Gasteiger partial charge in [-0.2, -0.15) is 0 Å². The molecule has 0 aliphatic carbocycles. The highest BCUT2D eigenvalue weighted by Crippen LogP contribution is 2.09. The fourth-order valence-electron chi connectivity index (χ4n) is 1.89. The first-order valence-electron chi connectivity index (χ1n) is 5.52. The molecule has 0 unspecified atom stereocenters. The lowest BCUT2D eigenvalue weighted by Crippen LogP contribution is -2.50. The third-order valence-electron chi connectivity index (χ3n) is 2.77. The minimum Gasteiger partial charge on any atom is -0.467 e. The van der Waals surface area contributed by atoms with Gasteiger partial charge in [0, 0.05) is 26.2 Å². The Hall–Kier alpha value is -1.33. The van der Waals surface area contributed by atoms with Gasteiger partial charge in [-0.3, -0.25) is 9.69 Å². The summed E-state index contributed by atoms with van der Waals surface area (Å²) in [6, 6.07) is 3.73. The van der Waals surface area contributed by atoms with E-state index in [1.807, 2.05) is 17.0 Å². The van der Waals surface area contributed by atoms with Crippen molar-refractivity contribution in [2.45, 2.75) is 6.54 Å². The zero-order chi connectivity index (χ0) is 11.4. The first-order valence-corrected chi connectivity index (χ1v) is 5.52. The molecule has 2 N–H and O–H groups in total. The minimum absolute atomic E-state index is 0.149. The van der Waals surface area contributed by atoms with E-state index in [4.69, 9.17) is 10.2 Å². The largest absolute Gasteiger partial charge is 0.467 e. The van der Waals surface area contributed by atoms with Crippen LogP contribution in [0.15, 0.2) is 22.8 Å². The van der Waals surface area contributed by atoms with Crippen molar-refractivity contribution in [2.24, 2.45) is 5.73 Å². The van der Waals surface area contributed by atoms with E-state index in [-0.39, 0.29) is 5.91 Å². The number of hydrogen-bond donors (Lipinski definition) is 1. The molecule has 0 radical (unpaired) electrons. The molecule has 1 aromatic heterocycles. The maximum Gasteiger partial charge on any atom is 0.237 e. The van der Waals surface area contributed by atoms with Gasteiger partial charge in [-0.25, -0.2) is 0 Å². The van der Waals surface area contributed by atoms with E-state index in [9.17, 15) is 4.79 Å². The fraction of sp³-hybridized carbons (Fsp3) is 0.545. The Morgan fingerprint density at radius 3 is 2.94 bits per heavy atom. The zero-order valence-corrected chi connectivity index (χ0v) is 9.26. The van der Waals surface area contributed by atoms with Gasteiger partial charge in [0.1, 0.15) is 5.76 Å². The summed E-state index contributed by atoms with van der Waals surface area (Å²) >= 11 is 0. The highest BCUT2D eigenvalue weighted by atomic mass is 16.3. The van der Waals surface area contributed by atoms with Gasteiger partial charge in [-0.1, -0.05) is 0 Å². The molecule has 1 fully saturated rings.